The lowest BCUT2D eigenvalue weighted by molar-refractivity contribution is 0.415. The maximum atomic E-state index is 13.4. The van der Waals surface area contributed by atoms with E-state index in [-0.39, 0.29) is 4.90 Å². The minimum atomic E-state index is -3.83. The van der Waals surface area contributed by atoms with Gasteiger partial charge in [0, 0.05) is 29.8 Å². The number of rotatable bonds is 6. The Morgan fingerprint density at radius 3 is 2.34 bits per heavy atom. The zero-order valence-corrected chi connectivity index (χ0v) is 20.5. The molecule has 0 aliphatic carbocycles. The molecule has 0 aliphatic rings. The Labute approximate surface area is 204 Å². The van der Waals surface area contributed by atoms with Crippen LogP contribution in [0, 0.1) is 6.92 Å². The summed E-state index contributed by atoms with van der Waals surface area (Å²) in [5, 5.41) is 0.930. The first-order valence-electron chi connectivity index (χ1n) is 11.2. The summed E-state index contributed by atoms with van der Waals surface area (Å²) >= 11 is 0. The van der Waals surface area contributed by atoms with E-state index >= 15 is 0 Å². The highest BCUT2D eigenvalue weighted by Crippen LogP contribution is 2.43. The molecule has 0 atom stereocenters. The van der Waals surface area contributed by atoms with Crippen molar-refractivity contribution in [2.45, 2.75) is 11.8 Å². The van der Waals surface area contributed by atoms with Gasteiger partial charge in [-0.3, -0.25) is 9.71 Å². The van der Waals surface area contributed by atoms with Crippen molar-refractivity contribution in [2.75, 3.05) is 11.8 Å². The van der Waals surface area contributed by atoms with Crippen LogP contribution in [-0.4, -0.2) is 25.1 Å². The molecule has 0 amide bonds. The summed E-state index contributed by atoms with van der Waals surface area (Å²) in [6, 6.07) is 26.2. The van der Waals surface area contributed by atoms with Gasteiger partial charge in [-0.2, -0.15) is 0 Å². The van der Waals surface area contributed by atoms with Gasteiger partial charge in [-0.1, -0.05) is 42.0 Å². The highest BCUT2D eigenvalue weighted by atomic mass is 32.2. The fourth-order valence-electron chi connectivity index (χ4n) is 4.29. The van der Waals surface area contributed by atoms with Gasteiger partial charge < -0.3 is 9.30 Å². The van der Waals surface area contributed by atoms with Crippen molar-refractivity contribution < 1.29 is 13.2 Å². The number of para-hydroxylation sites is 1. The molecule has 0 saturated heterocycles. The van der Waals surface area contributed by atoms with E-state index in [0.29, 0.717) is 11.6 Å². The van der Waals surface area contributed by atoms with Gasteiger partial charge >= 0.3 is 0 Å². The number of hydrogen-bond donors (Lipinski definition) is 1. The lowest BCUT2D eigenvalue weighted by Gasteiger charge is -2.15. The van der Waals surface area contributed by atoms with Crippen molar-refractivity contribution in [1.29, 1.82) is 0 Å². The zero-order chi connectivity index (χ0) is 24.6. The minimum absolute atomic E-state index is 0.207. The Bertz CT molecular complexity index is 1620. The van der Waals surface area contributed by atoms with Crippen LogP contribution in [0.15, 0.2) is 96.0 Å². The summed E-state index contributed by atoms with van der Waals surface area (Å²) in [7, 11) is -0.347. The number of ether oxygens (including phenoxy) is 1. The number of nitrogens with one attached hydrogen (secondary N) is 1. The monoisotopic (exact) mass is 483 g/mol. The van der Waals surface area contributed by atoms with Crippen LogP contribution in [0.25, 0.3) is 33.3 Å². The number of aromatic nitrogens is 2. The molecule has 7 heteroatoms. The van der Waals surface area contributed by atoms with Crippen molar-refractivity contribution in [3.8, 4) is 28.1 Å². The van der Waals surface area contributed by atoms with Crippen molar-refractivity contribution in [1.82, 2.24) is 9.55 Å². The number of methoxy groups -OCH3 is 1. The van der Waals surface area contributed by atoms with Gasteiger partial charge in [0.15, 0.2) is 0 Å². The molecule has 0 unspecified atom stereocenters. The third-order valence-corrected chi connectivity index (χ3v) is 7.46. The molecule has 5 aromatic rings. The van der Waals surface area contributed by atoms with Crippen LogP contribution < -0.4 is 9.46 Å². The molecule has 0 bridgehead atoms. The van der Waals surface area contributed by atoms with Crippen LogP contribution >= 0.6 is 0 Å². The Balaban J connectivity index is 1.77. The van der Waals surface area contributed by atoms with Gasteiger partial charge in [-0.15, -0.1) is 0 Å². The van der Waals surface area contributed by atoms with Crippen LogP contribution in [0.4, 0.5) is 5.82 Å². The van der Waals surface area contributed by atoms with Crippen molar-refractivity contribution in [2.24, 2.45) is 7.05 Å². The molecule has 176 valence electrons. The first-order valence-corrected chi connectivity index (χ1v) is 12.6. The third kappa shape index (κ3) is 4.15. The smallest absolute Gasteiger partial charge is 0.263 e. The Kier molecular flexibility index (Phi) is 5.78. The van der Waals surface area contributed by atoms with E-state index < -0.39 is 10.0 Å². The van der Waals surface area contributed by atoms with Crippen molar-refractivity contribution in [3.05, 3.63) is 96.7 Å². The predicted octanol–water partition coefficient (Wildman–Crippen LogP) is 6.03. The van der Waals surface area contributed by atoms with E-state index in [4.69, 9.17) is 4.74 Å². The van der Waals surface area contributed by atoms with E-state index in [1.165, 1.54) is 0 Å². The fourth-order valence-corrected chi connectivity index (χ4v) is 5.40. The summed E-state index contributed by atoms with van der Waals surface area (Å²) in [5.41, 5.74) is 5.14. The Morgan fingerprint density at radius 2 is 1.63 bits per heavy atom. The standard InChI is InChI=1S/C28H25N3O3S/c1-19-11-14-21(15-12-19)35(32,33)30-28-27(23-8-4-5-10-26(23)31(28)2)22-16-13-20(34-3)18-24(22)25-9-6-7-17-29-25/h4-18,30H,1-3H3. The number of nitrogens with zero attached hydrogens (tertiary/aromatic N) is 2. The first kappa shape index (κ1) is 22.7. The van der Waals surface area contributed by atoms with Gasteiger partial charge in [-0.25, -0.2) is 8.42 Å². The summed E-state index contributed by atoms with van der Waals surface area (Å²) < 4.78 is 37.1. The van der Waals surface area contributed by atoms with Crippen LogP contribution in [-0.2, 0) is 17.1 Å². The number of anilines is 1. The van der Waals surface area contributed by atoms with Crippen molar-refractivity contribution >= 4 is 26.7 Å². The minimum Gasteiger partial charge on any atom is -0.497 e. The molecule has 0 spiro atoms. The van der Waals surface area contributed by atoms with Crippen LogP contribution in [0.1, 0.15) is 5.56 Å². The lowest BCUT2D eigenvalue weighted by Crippen LogP contribution is -2.15. The predicted molar refractivity (Wildman–Crippen MR) is 140 cm³/mol. The summed E-state index contributed by atoms with van der Waals surface area (Å²) in [5.74, 6) is 1.17. The first-order chi connectivity index (χ1) is 16.9. The topological polar surface area (TPSA) is 73.2 Å². The second-order valence-electron chi connectivity index (χ2n) is 8.34. The maximum Gasteiger partial charge on any atom is 0.263 e. The second kappa shape index (κ2) is 8.92. The third-order valence-electron chi connectivity index (χ3n) is 6.11. The number of fused-ring (bicyclic) bond motifs is 1. The number of sulfonamides is 1. The molecule has 3 aromatic carbocycles. The molecule has 6 nitrogen and oxygen atoms in total. The lowest BCUT2D eigenvalue weighted by atomic mass is 9.96. The number of hydrogen-bond acceptors (Lipinski definition) is 4. The number of pyridine rings is 1. The van der Waals surface area contributed by atoms with Crippen LogP contribution in [0.2, 0.25) is 0 Å². The van der Waals surface area contributed by atoms with Gasteiger partial charge in [0.1, 0.15) is 11.6 Å². The molecule has 0 saturated carbocycles. The molecular weight excluding hydrogens is 458 g/mol. The van der Waals surface area contributed by atoms with E-state index in [2.05, 4.69) is 9.71 Å². The molecule has 0 aliphatic heterocycles. The van der Waals surface area contributed by atoms with Crippen LogP contribution in [0.5, 0.6) is 5.75 Å². The summed E-state index contributed by atoms with van der Waals surface area (Å²) in [6.45, 7) is 1.93. The highest BCUT2D eigenvalue weighted by molar-refractivity contribution is 7.92. The van der Waals surface area contributed by atoms with Gasteiger partial charge in [-0.05, 0) is 61.0 Å². The molecule has 2 heterocycles. The number of aryl methyl sites for hydroxylation is 2. The van der Waals surface area contributed by atoms with Crippen LogP contribution in [0.3, 0.4) is 0 Å². The fraction of sp³-hybridized carbons (Fsp3) is 0.107. The zero-order valence-electron chi connectivity index (χ0n) is 19.7. The van der Waals surface area contributed by atoms with Gasteiger partial charge in [0.2, 0.25) is 0 Å². The van der Waals surface area contributed by atoms with E-state index in [1.807, 2.05) is 79.2 Å². The summed E-state index contributed by atoms with van der Waals surface area (Å²) in [4.78, 5) is 4.76. The quantitative estimate of drug-likeness (QED) is 0.320. The summed E-state index contributed by atoms with van der Waals surface area (Å²) in [6.07, 6.45) is 1.74. The van der Waals surface area contributed by atoms with E-state index in [9.17, 15) is 8.42 Å². The average Bonchev–Trinajstić information content (AvgIpc) is 3.15. The van der Waals surface area contributed by atoms with E-state index in [0.717, 1.165) is 38.9 Å². The highest BCUT2D eigenvalue weighted by Gasteiger charge is 2.24. The van der Waals surface area contributed by atoms with E-state index in [1.54, 1.807) is 37.6 Å². The number of benzene rings is 3. The Hall–Kier alpha value is -4.10. The van der Waals surface area contributed by atoms with Gasteiger partial charge in [0.25, 0.3) is 10.0 Å². The molecule has 35 heavy (non-hydrogen) atoms. The average molecular weight is 484 g/mol. The Morgan fingerprint density at radius 1 is 0.886 bits per heavy atom. The molecule has 5 rings (SSSR count). The molecule has 2 aromatic heterocycles. The maximum absolute atomic E-state index is 13.4. The van der Waals surface area contributed by atoms with Gasteiger partial charge in [0.05, 0.1) is 23.2 Å². The molecule has 1 N–H and O–H groups in total. The molecular formula is C28H25N3O3S. The van der Waals surface area contributed by atoms with Crippen molar-refractivity contribution in [3.63, 3.8) is 0 Å². The normalized spacial score (nSPS) is 11.5. The SMILES string of the molecule is COc1ccc(-c2c(NS(=O)(=O)c3ccc(C)cc3)n(C)c3ccccc23)c(-c2ccccn2)c1. The molecule has 0 fully saturated rings. The second-order valence-corrected chi connectivity index (χ2v) is 10.0. The largest absolute Gasteiger partial charge is 0.497 e. The molecule has 0 radical (unpaired) electrons.